The van der Waals surface area contributed by atoms with Crippen molar-refractivity contribution in [3.63, 3.8) is 0 Å². The SMILES string of the molecule is Cc1ccc(C(=O)Nc2ccc(NCCc3csc(N)n3)cc2)c(N(C)C)n1. The van der Waals surface area contributed by atoms with Gasteiger partial charge in [0.05, 0.1) is 11.3 Å². The molecule has 0 fully saturated rings. The maximum atomic E-state index is 12.7. The molecule has 0 saturated carbocycles. The Morgan fingerprint density at radius 1 is 1.11 bits per heavy atom. The molecule has 1 aromatic carbocycles. The van der Waals surface area contributed by atoms with Crippen molar-refractivity contribution in [2.75, 3.05) is 41.9 Å². The number of pyridine rings is 1. The Morgan fingerprint density at radius 2 is 1.82 bits per heavy atom. The number of carbonyl (C=O) groups is 1. The number of nitrogen functional groups attached to an aromatic ring is 1. The minimum absolute atomic E-state index is 0.182. The highest BCUT2D eigenvalue weighted by Gasteiger charge is 2.14. The van der Waals surface area contributed by atoms with Crippen LogP contribution in [-0.2, 0) is 6.42 Å². The molecule has 0 unspecified atom stereocenters. The molecule has 0 spiro atoms. The highest BCUT2D eigenvalue weighted by atomic mass is 32.1. The van der Waals surface area contributed by atoms with Crippen molar-refractivity contribution in [2.24, 2.45) is 0 Å². The van der Waals surface area contributed by atoms with E-state index in [0.717, 1.165) is 35.7 Å². The van der Waals surface area contributed by atoms with Gasteiger partial charge in [-0.25, -0.2) is 9.97 Å². The summed E-state index contributed by atoms with van der Waals surface area (Å²) in [7, 11) is 3.75. The van der Waals surface area contributed by atoms with Gasteiger partial charge in [0.25, 0.3) is 5.91 Å². The molecule has 2 aromatic heterocycles. The van der Waals surface area contributed by atoms with Gasteiger partial charge in [0.2, 0.25) is 0 Å². The second-order valence-electron chi connectivity index (χ2n) is 6.60. The summed E-state index contributed by atoms with van der Waals surface area (Å²) in [6.07, 6.45) is 0.805. The molecule has 3 rings (SSSR count). The first-order valence-corrected chi connectivity index (χ1v) is 9.80. The number of nitrogens with two attached hydrogens (primary N) is 1. The molecular weight excluding hydrogens is 372 g/mol. The lowest BCUT2D eigenvalue weighted by Crippen LogP contribution is -2.20. The summed E-state index contributed by atoms with van der Waals surface area (Å²) in [6, 6.07) is 11.3. The highest BCUT2D eigenvalue weighted by Crippen LogP contribution is 2.20. The molecule has 8 heteroatoms. The van der Waals surface area contributed by atoms with Crippen molar-refractivity contribution in [1.29, 1.82) is 0 Å². The fraction of sp³-hybridized carbons (Fsp3) is 0.250. The summed E-state index contributed by atoms with van der Waals surface area (Å²) in [5, 5.41) is 8.83. The predicted octanol–water partition coefficient (Wildman–Crippen LogP) is 3.40. The third-order valence-electron chi connectivity index (χ3n) is 4.11. The number of aromatic nitrogens is 2. The summed E-state index contributed by atoms with van der Waals surface area (Å²) >= 11 is 1.45. The van der Waals surface area contributed by atoms with Crippen LogP contribution in [-0.4, -0.2) is 36.5 Å². The van der Waals surface area contributed by atoms with Gasteiger partial charge in [-0.15, -0.1) is 11.3 Å². The average molecular weight is 397 g/mol. The number of hydrogen-bond acceptors (Lipinski definition) is 7. The van der Waals surface area contributed by atoms with E-state index < -0.39 is 0 Å². The molecule has 0 bridgehead atoms. The van der Waals surface area contributed by atoms with Crippen LogP contribution in [0.1, 0.15) is 21.7 Å². The van der Waals surface area contributed by atoms with E-state index in [4.69, 9.17) is 5.73 Å². The van der Waals surface area contributed by atoms with Crippen LogP contribution in [0, 0.1) is 6.92 Å². The number of carbonyl (C=O) groups excluding carboxylic acids is 1. The summed E-state index contributed by atoms with van der Waals surface area (Å²) in [6.45, 7) is 2.67. The highest BCUT2D eigenvalue weighted by molar-refractivity contribution is 7.13. The quantitative estimate of drug-likeness (QED) is 0.566. The molecule has 0 aliphatic heterocycles. The van der Waals surface area contributed by atoms with Crippen molar-refractivity contribution >= 4 is 39.6 Å². The molecule has 3 aromatic rings. The number of nitrogens with one attached hydrogen (secondary N) is 2. The zero-order valence-electron chi connectivity index (χ0n) is 16.2. The van der Waals surface area contributed by atoms with E-state index in [-0.39, 0.29) is 5.91 Å². The molecule has 1 amide bonds. The summed E-state index contributed by atoms with van der Waals surface area (Å²) in [5.41, 5.74) is 9.75. The van der Waals surface area contributed by atoms with Gasteiger partial charge in [0, 0.05) is 49.5 Å². The first kappa shape index (κ1) is 19.6. The van der Waals surface area contributed by atoms with E-state index >= 15 is 0 Å². The van der Waals surface area contributed by atoms with Crippen LogP contribution in [0.15, 0.2) is 41.8 Å². The third-order valence-corrected chi connectivity index (χ3v) is 4.83. The normalized spacial score (nSPS) is 10.5. The van der Waals surface area contributed by atoms with Crippen LogP contribution < -0.4 is 21.3 Å². The lowest BCUT2D eigenvalue weighted by Gasteiger charge is -2.16. The largest absolute Gasteiger partial charge is 0.385 e. The van der Waals surface area contributed by atoms with Crippen LogP contribution >= 0.6 is 11.3 Å². The minimum atomic E-state index is -0.182. The van der Waals surface area contributed by atoms with Crippen LogP contribution in [0.4, 0.5) is 22.3 Å². The second kappa shape index (κ2) is 8.71. The first-order chi connectivity index (χ1) is 13.4. The third kappa shape index (κ3) is 4.98. The van der Waals surface area contributed by atoms with Gasteiger partial charge in [-0.05, 0) is 43.3 Å². The van der Waals surface area contributed by atoms with Crippen molar-refractivity contribution in [2.45, 2.75) is 13.3 Å². The van der Waals surface area contributed by atoms with Crippen LogP contribution in [0.2, 0.25) is 0 Å². The van der Waals surface area contributed by atoms with Crippen molar-refractivity contribution < 1.29 is 4.79 Å². The molecule has 0 radical (unpaired) electrons. The minimum Gasteiger partial charge on any atom is -0.385 e. The average Bonchev–Trinajstić information content (AvgIpc) is 3.08. The molecule has 0 saturated heterocycles. The Kier molecular flexibility index (Phi) is 6.10. The summed E-state index contributed by atoms with van der Waals surface area (Å²) in [4.78, 5) is 23.2. The van der Waals surface area contributed by atoms with Gasteiger partial charge < -0.3 is 21.3 Å². The summed E-state index contributed by atoms with van der Waals surface area (Å²) < 4.78 is 0. The van der Waals surface area contributed by atoms with E-state index in [9.17, 15) is 4.79 Å². The number of anilines is 4. The molecule has 4 N–H and O–H groups in total. The molecule has 2 heterocycles. The second-order valence-corrected chi connectivity index (χ2v) is 7.49. The topological polar surface area (TPSA) is 96.2 Å². The van der Waals surface area contributed by atoms with Gasteiger partial charge in [0.1, 0.15) is 5.82 Å². The fourth-order valence-corrected chi connectivity index (χ4v) is 3.30. The Labute approximate surface area is 168 Å². The Bertz CT molecular complexity index is 952. The maximum absolute atomic E-state index is 12.7. The number of benzene rings is 1. The van der Waals surface area contributed by atoms with E-state index in [1.165, 1.54) is 11.3 Å². The Morgan fingerprint density at radius 3 is 2.46 bits per heavy atom. The Hall–Kier alpha value is -3.13. The van der Waals surface area contributed by atoms with Gasteiger partial charge in [-0.3, -0.25) is 4.79 Å². The van der Waals surface area contributed by atoms with Crippen molar-refractivity contribution in [1.82, 2.24) is 9.97 Å². The van der Waals surface area contributed by atoms with E-state index in [2.05, 4.69) is 20.6 Å². The van der Waals surface area contributed by atoms with Crippen LogP contribution in [0.3, 0.4) is 0 Å². The smallest absolute Gasteiger partial charge is 0.259 e. The molecule has 0 aliphatic rings. The zero-order chi connectivity index (χ0) is 20.1. The lowest BCUT2D eigenvalue weighted by molar-refractivity contribution is 0.102. The number of thiazole rings is 1. The van der Waals surface area contributed by atoms with E-state index in [0.29, 0.717) is 16.5 Å². The molecule has 0 atom stereocenters. The monoisotopic (exact) mass is 396 g/mol. The number of amides is 1. The van der Waals surface area contributed by atoms with E-state index in [1.54, 1.807) is 6.07 Å². The van der Waals surface area contributed by atoms with Gasteiger partial charge in [0.15, 0.2) is 5.13 Å². The first-order valence-electron chi connectivity index (χ1n) is 8.92. The van der Waals surface area contributed by atoms with Crippen molar-refractivity contribution in [3.05, 3.63) is 58.7 Å². The number of rotatable bonds is 7. The van der Waals surface area contributed by atoms with Crippen molar-refractivity contribution in [3.8, 4) is 0 Å². The fourth-order valence-electron chi connectivity index (χ4n) is 2.70. The molecule has 0 aliphatic carbocycles. The Balaban J connectivity index is 1.59. The molecular formula is C20H24N6OS. The van der Waals surface area contributed by atoms with E-state index in [1.807, 2.05) is 61.6 Å². The zero-order valence-corrected chi connectivity index (χ0v) is 17.0. The number of hydrogen-bond donors (Lipinski definition) is 3. The van der Waals surface area contributed by atoms with Gasteiger partial charge in [-0.1, -0.05) is 0 Å². The number of nitrogens with zero attached hydrogens (tertiary/aromatic N) is 3. The standard InChI is InChI=1S/C20H24N6OS/c1-13-4-9-17(18(23-13)26(2)3)19(27)24-15-7-5-14(6-8-15)22-11-10-16-12-28-20(21)25-16/h4-9,12,22H,10-11H2,1-3H3,(H2,21,25)(H,24,27). The maximum Gasteiger partial charge on any atom is 0.259 e. The van der Waals surface area contributed by atoms with Crippen LogP contribution in [0.5, 0.6) is 0 Å². The van der Waals surface area contributed by atoms with Crippen LogP contribution in [0.25, 0.3) is 0 Å². The molecule has 146 valence electrons. The molecule has 7 nitrogen and oxygen atoms in total. The lowest BCUT2D eigenvalue weighted by atomic mass is 10.2. The van der Waals surface area contributed by atoms with Gasteiger partial charge >= 0.3 is 0 Å². The molecule has 28 heavy (non-hydrogen) atoms. The predicted molar refractivity (Wildman–Crippen MR) is 116 cm³/mol. The van der Waals surface area contributed by atoms with Gasteiger partial charge in [-0.2, -0.15) is 0 Å². The number of aryl methyl sites for hydroxylation is 1. The summed E-state index contributed by atoms with van der Waals surface area (Å²) in [5.74, 6) is 0.469.